The van der Waals surface area contributed by atoms with Crippen molar-refractivity contribution in [2.24, 2.45) is 11.8 Å². The lowest BCUT2D eigenvalue weighted by Gasteiger charge is -2.16. The fraction of sp³-hybridized carbons (Fsp3) is 0.800. The lowest BCUT2D eigenvalue weighted by molar-refractivity contribution is -0.141. The Morgan fingerprint density at radius 3 is 2.86 bits per heavy atom. The zero-order chi connectivity index (χ0) is 10.7. The number of likely N-dealkylation sites (tertiary alicyclic amines) is 1. The Labute approximate surface area is 83.9 Å². The van der Waals surface area contributed by atoms with Gasteiger partial charge in [-0.05, 0) is 25.9 Å². The third-order valence-electron chi connectivity index (χ3n) is 2.89. The molecule has 80 valence electrons. The van der Waals surface area contributed by atoms with Crippen LogP contribution >= 0.6 is 0 Å². The first-order valence-electron chi connectivity index (χ1n) is 4.93. The van der Waals surface area contributed by atoms with E-state index in [9.17, 15) is 9.59 Å². The van der Waals surface area contributed by atoms with Crippen LogP contribution in [0.1, 0.15) is 19.8 Å². The standard InChI is InChI=1S/C10H17NO3/c1-7-3-4-11(2)6-9(12)8(7)5-10(13)14/h7-8H,3-6H2,1-2H3,(H,13,14). The van der Waals surface area contributed by atoms with Gasteiger partial charge in [-0.25, -0.2) is 0 Å². The van der Waals surface area contributed by atoms with Crippen LogP contribution in [0.5, 0.6) is 0 Å². The van der Waals surface area contributed by atoms with Crippen molar-refractivity contribution in [2.75, 3.05) is 20.1 Å². The van der Waals surface area contributed by atoms with Gasteiger partial charge in [0.15, 0.2) is 5.78 Å². The Hall–Kier alpha value is -0.900. The van der Waals surface area contributed by atoms with E-state index in [-0.39, 0.29) is 24.0 Å². The summed E-state index contributed by atoms with van der Waals surface area (Å²) in [5.41, 5.74) is 0. The molecule has 1 aliphatic heterocycles. The van der Waals surface area contributed by atoms with Crippen LogP contribution < -0.4 is 0 Å². The van der Waals surface area contributed by atoms with Gasteiger partial charge >= 0.3 is 5.97 Å². The first kappa shape index (κ1) is 11.2. The van der Waals surface area contributed by atoms with Crippen molar-refractivity contribution in [3.63, 3.8) is 0 Å². The lowest BCUT2D eigenvalue weighted by atomic mass is 9.86. The second-order valence-electron chi connectivity index (χ2n) is 4.17. The molecular formula is C10H17NO3. The van der Waals surface area contributed by atoms with E-state index < -0.39 is 5.97 Å². The van der Waals surface area contributed by atoms with Gasteiger partial charge in [-0.3, -0.25) is 14.5 Å². The molecule has 1 aliphatic rings. The topological polar surface area (TPSA) is 57.6 Å². The molecule has 1 rings (SSSR count). The minimum Gasteiger partial charge on any atom is -0.481 e. The van der Waals surface area contributed by atoms with Gasteiger partial charge in [0.05, 0.1) is 13.0 Å². The smallest absolute Gasteiger partial charge is 0.304 e. The van der Waals surface area contributed by atoms with E-state index >= 15 is 0 Å². The Morgan fingerprint density at radius 1 is 1.64 bits per heavy atom. The first-order valence-corrected chi connectivity index (χ1v) is 4.93. The zero-order valence-electron chi connectivity index (χ0n) is 8.69. The molecule has 0 aromatic heterocycles. The predicted molar refractivity (Wildman–Crippen MR) is 52.0 cm³/mol. The maximum Gasteiger partial charge on any atom is 0.304 e. The van der Waals surface area contributed by atoms with Crippen molar-refractivity contribution in [2.45, 2.75) is 19.8 Å². The highest BCUT2D eigenvalue weighted by atomic mass is 16.4. The molecule has 0 aromatic rings. The summed E-state index contributed by atoms with van der Waals surface area (Å²) in [4.78, 5) is 24.2. The fourth-order valence-corrected chi connectivity index (χ4v) is 1.91. The van der Waals surface area contributed by atoms with Crippen LogP contribution in [0.25, 0.3) is 0 Å². The molecule has 0 amide bonds. The molecule has 14 heavy (non-hydrogen) atoms. The van der Waals surface area contributed by atoms with E-state index in [1.807, 2.05) is 18.9 Å². The highest BCUT2D eigenvalue weighted by Crippen LogP contribution is 2.23. The number of aliphatic carboxylic acids is 1. The van der Waals surface area contributed by atoms with Gasteiger partial charge in [0, 0.05) is 5.92 Å². The van der Waals surface area contributed by atoms with Crippen LogP contribution in [0.3, 0.4) is 0 Å². The van der Waals surface area contributed by atoms with Crippen LogP contribution in [-0.4, -0.2) is 41.9 Å². The molecule has 1 saturated heterocycles. The van der Waals surface area contributed by atoms with Crippen molar-refractivity contribution in [1.29, 1.82) is 0 Å². The molecule has 0 spiro atoms. The normalized spacial score (nSPS) is 30.0. The van der Waals surface area contributed by atoms with Gasteiger partial charge in [0.2, 0.25) is 0 Å². The number of rotatable bonds is 2. The van der Waals surface area contributed by atoms with Gasteiger partial charge in [-0.15, -0.1) is 0 Å². The molecule has 0 bridgehead atoms. The largest absolute Gasteiger partial charge is 0.481 e. The fourth-order valence-electron chi connectivity index (χ4n) is 1.91. The quantitative estimate of drug-likeness (QED) is 0.708. The van der Waals surface area contributed by atoms with Crippen LogP contribution in [0.2, 0.25) is 0 Å². The van der Waals surface area contributed by atoms with Gasteiger partial charge in [0.1, 0.15) is 0 Å². The highest BCUT2D eigenvalue weighted by Gasteiger charge is 2.30. The number of nitrogens with zero attached hydrogens (tertiary/aromatic N) is 1. The SMILES string of the molecule is CC1CCN(C)CC(=O)C1CC(=O)O. The van der Waals surface area contributed by atoms with Gasteiger partial charge in [0.25, 0.3) is 0 Å². The van der Waals surface area contributed by atoms with Crippen LogP contribution in [0.4, 0.5) is 0 Å². The Morgan fingerprint density at radius 2 is 2.29 bits per heavy atom. The van der Waals surface area contributed by atoms with Gasteiger partial charge in [-0.1, -0.05) is 6.92 Å². The molecule has 1 N–H and O–H groups in total. The molecule has 0 aliphatic carbocycles. The number of hydrogen-bond acceptors (Lipinski definition) is 3. The monoisotopic (exact) mass is 199 g/mol. The summed E-state index contributed by atoms with van der Waals surface area (Å²) in [6.07, 6.45) is 0.883. The summed E-state index contributed by atoms with van der Waals surface area (Å²) in [6, 6.07) is 0. The molecule has 4 heteroatoms. The molecule has 0 radical (unpaired) electrons. The van der Waals surface area contributed by atoms with E-state index in [0.29, 0.717) is 6.54 Å². The Kier molecular flexibility index (Phi) is 3.63. The second kappa shape index (κ2) is 4.55. The third-order valence-corrected chi connectivity index (χ3v) is 2.89. The molecule has 0 saturated carbocycles. The van der Waals surface area contributed by atoms with Crippen LogP contribution in [0, 0.1) is 11.8 Å². The van der Waals surface area contributed by atoms with Crippen LogP contribution in [0.15, 0.2) is 0 Å². The maximum absolute atomic E-state index is 11.7. The third kappa shape index (κ3) is 2.80. The predicted octanol–water partition coefficient (Wildman–Crippen LogP) is 0.618. The Bertz CT molecular complexity index is 240. The maximum atomic E-state index is 11.7. The number of carboxylic acid groups (broad SMARTS) is 1. The van der Waals surface area contributed by atoms with Crippen molar-refractivity contribution >= 4 is 11.8 Å². The van der Waals surface area contributed by atoms with E-state index in [1.165, 1.54) is 0 Å². The summed E-state index contributed by atoms with van der Waals surface area (Å²) in [5.74, 6) is -0.916. The minimum atomic E-state index is -0.875. The second-order valence-corrected chi connectivity index (χ2v) is 4.17. The molecule has 2 unspecified atom stereocenters. The average Bonchev–Trinajstić information content (AvgIpc) is 2.18. The number of carboxylic acids is 1. The molecule has 1 fully saturated rings. The average molecular weight is 199 g/mol. The van der Waals surface area contributed by atoms with Crippen molar-refractivity contribution in [3.8, 4) is 0 Å². The Balaban J connectivity index is 2.68. The van der Waals surface area contributed by atoms with E-state index in [4.69, 9.17) is 5.11 Å². The van der Waals surface area contributed by atoms with E-state index in [1.54, 1.807) is 0 Å². The van der Waals surface area contributed by atoms with Crippen molar-refractivity contribution in [3.05, 3.63) is 0 Å². The number of Topliss-reactive ketones (excluding diaryl/α,β-unsaturated/α-hetero) is 1. The number of hydrogen-bond donors (Lipinski definition) is 1. The number of carbonyl (C=O) groups is 2. The van der Waals surface area contributed by atoms with E-state index in [0.717, 1.165) is 13.0 Å². The van der Waals surface area contributed by atoms with Crippen molar-refractivity contribution < 1.29 is 14.7 Å². The summed E-state index contributed by atoms with van der Waals surface area (Å²) in [6.45, 7) is 3.23. The van der Waals surface area contributed by atoms with Crippen molar-refractivity contribution in [1.82, 2.24) is 4.90 Å². The first-order chi connectivity index (χ1) is 6.50. The molecule has 0 aromatic carbocycles. The molecule has 2 atom stereocenters. The zero-order valence-corrected chi connectivity index (χ0v) is 8.69. The number of carbonyl (C=O) groups excluding carboxylic acids is 1. The minimum absolute atomic E-state index is 0.0200. The summed E-state index contributed by atoms with van der Waals surface area (Å²) < 4.78 is 0. The summed E-state index contributed by atoms with van der Waals surface area (Å²) >= 11 is 0. The van der Waals surface area contributed by atoms with Gasteiger partial charge in [-0.2, -0.15) is 0 Å². The molecular weight excluding hydrogens is 182 g/mol. The van der Waals surface area contributed by atoms with Crippen LogP contribution in [-0.2, 0) is 9.59 Å². The summed E-state index contributed by atoms with van der Waals surface area (Å²) in [5, 5.41) is 8.69. The van der Waals surface area contributed by atoms with E-state index in [2.05, 4.69) is 0 Å². The van der Waals surface area contributed by atoms with Gasteiger partial charge < -0.3 is 5.11 Å². The molecule has 4 nitrogen and oxygen atoms in total. The number of ketones is 1. The highest BCUT2D eigenvalue weighted by molar-refractivity contribution is 5.86. The molecule has 1 heterocycles. The number of likely N-dealkylation sites (N-methyl/N-ethyl adjacent to an activating group) is 1. The summed E-state index contributed by atoms with van der Waals surface area (Å²) in [7, 11) is 1.90. The lowest BCUT2D eigenvalue weighted by Crippen LogP contribution is -2.29.